The quantitative estimate of drug-likeness (QED) is 0.384. The van der Waals surface area contributed by atoms with Crippen LogP contribution in [0.3, 0.4) is 0 Å². The van der Waals surface area contributed by atoms with Crippen molar-refractivity contribution in [2.75, 3.05) is 33.3 Å². The van der Waals surface area contributed by atoms with Crippen molar-refractivity contribution >= 4 is 18.1 Å². The molecule has 3 rings (SSSR count). The van der Waals surface area contributed by atoms with E-state index in [4.69, 9.17) is 9.47 Å². The summed E-state index contributed by atoms with van der Waals surface area (Å²) in [5.74, 6) is 2.04. The van der Waals surface area contributed by atoms with Gasteiger partial charge in [-0.25, -0.2) is 0 Å². The molecule has 3 aromatic carbocycles. The average Bonchev–Trinajstić information content (AvgIpc) is 2.86. The Bertz CT molecular complexity index is 1040. The number of hydrogen-bond donors (Lipinski definition) is 1. The topological polar surface area (TPSA) is 50.8 Å². The summed E-state index contributed by atoms with van der Waals surface area (Å²) < 4.78 is 11.3. The third-order valence-electron chi connectivity index (χ3n) is 5.41. The molecule has 5 heteroatoms. The van der Waals surface area contributed by atoms with Crippen LogP contribution < -0.4 is 14.8 Å². The molecular formula is C28H32N2O3. The first kappa shape index (κ1) is 24.1. The second kappa shape index (κ2) is 12.5. The van der Waals surface area contributed by atoms with E-state index in [1.165, 1.54) is 0 Å². The number of nitrogens with one attached hydrogen (secondary N) is 1. The summed E-state index contributed by atoms with van der Waals surface area (Å²) in [6.45, 7) is 7.62. The van der Waals surface area contributed by atoms with Crippen LogP contribution in [-0.4, -0.2) is 44.1 Å². The molecule has 5 nitrogen and oxygen atoms in total. The molecule has 0 aliphatic heterocycles. The number of para-hydroxylation sites is 1. The Labute approximate surface area is 196 Å². The van der Waals surface area contributed by atoms with E-state index in [9.17, 15) is 4.79 Å². The number of methoxy groups -OCH3 is 1. The van der Waals surface area contributed by atoms with E-state index in [0.29, 0.717) is 17.9 Å². The van der Waals surface area contributed by atoms with Crippen molar-refractivity contribution in [1.82, 2.24) is 10.2 Å². The zero-order valence-electron chi connectivity index (χ0n) is 19.6. The number of ether oxygens (including phenoxy) is 2. The van der Waals surface area contributed by atoms with E-state index < -0.39 is 0 Å². The van der Waals surface area contributed by atoms with Gasteiger partial charge in [0.15, 0.2) is 0 Å². The minimum atomic E-state index is -0.122. The number of rotatable bonds is 11. The molecule has 1 amide bonds. The molecule has 1 N–H and O–H groups in total. The van der Waals surface area contributed by atoms with Gasteiger partial charge >= 0.3 is 0 Å². The zero-order valence-corrected chi connectivity index (χ0v) is 19.6. The highest BCUT2D eigenvalue weighted by atomic mass is 16.5. The predicted molar refractivity (Wildman–Crippen MR) is 135 cm³/mol. The van der Waals surface area contributed by atoms with Gasteiger partial charge in [-0.15, -0.1) is 0 Å². The van der Waals surface area contributed by atoms with Gasteiger partial charge in [0.05, 0.1) is 12.7 Å². The maximum atomic E-state index is 12.6. The van der Waals surface area contributed by atoms with Crippen LogP contribution in [0.4, 0.5) is 0 Å². The van der Waals surface area contributed by atoms with Crippen LogP contribution in [-0.2, 0) is 0 Å². The largest absolute Gasteiger partial charge is 0.496 e. The standard InChI is InChI=1S/C28H32N2O3/c1-4-30(5-2)20-19-29-28(31)26-18-15-23(21-27(26)32-3)12-11-22-13-16-25(17-14-22)33-24-9-7-6-8-10-24/h6-18,21H,4-5,19-20H2,1-3H3,(H,29,31)/b12-11+. The van der Waals surface area contributed by atoms with Gasteiger partial charge in [0, 0.05) is 13.1 Å². The first-order valence-corrected chi connectivity index (χ1v) is 11.3. The lowest BCUT2D eigenvalue weighted by atomic mass is 10.1. The van der Waals surface area contributed by atoms with Crippen molar-refractivity contribution in [1.29, 1.82) is 0 Å². The summed E-state index contributed by atoms with van der Waals surface area (Å²) in [6.07, 6.45) is 4.02. The second-order valence-electron chi connectivity index (χ2n) is 7.56. The minimum Gasteiger partial charge on any atom is -0.496 e. The fourth-order valence-corrected chi connectivity index (χ4v) is 3.43. The first-order chi connectivity index (χ1) is 16.1. The smallest absolute Gasteiger partial charge is 0.255 e. The zero-order chi connectivity index (χ0) is 23.5. The molecule has 0 bridgehead atoms. The van der Waals surface area contributed by atoms with Crippen LogP contribution in [0.5, 0.6) is 17.2 Å². The highest BCUT2D eigenvalue weighted by Gasteiger charge is 2.12. The Kier molecular flexibility index (Phi) is 9.09. The summed E-state index contributed by atoms with van der Waals surface area (Å²) >= 11 is 0. The van der Waals surface area contributed by atoms with Crippen molar-refractivity contribution in [2.45, 2.75) is 13.8 Å². The molecule has 0 atom stereocenters. The molecule has 3 aromatic rings. The lowest BCUT2D eigenvalue weighted by Crippen LogP contribution is -2.34. The summed E-state index contributed by atoms with van der Waals surface area (Å²) in [6, 6.07) is 23.2. The summed E-state index contributed by atoms with van der Waals surface area (Å²) in [5.41, 5.74) is 2.54. The number of carbonyl (C=O) groups excluding carboxylic acids is 1. The van der Waals surface area contributed by atoms with Gasteiger partial charge < -0.3 is 19.7 Å². The molecule has 172 valence electrons. The fraction of sp³-hybridized carbons (Fsp3) is 0.250. The summed E-state index contributed by atoms with van der Waals surface area (Å²) in [7, 11) is 1.58. The van der Waals surface area contributed by atoms with Crippen molar-refractivity contribution < 1.29 is 14.3 Å². The van der Waals surface area contributed by atoms with Crippen LogP contribution in [0.15, 0.2) is 72.8 Å². The lowest BCUT2D eigenvalue weighted by Gasteiger charge is -2.18. The maximum absolute atomic E-state index is 12.6. The summed E-state index contributed by atoms with van der Waals surface area (Å²) in [4.78, 5) is 14.9. The van der Waals surface area contributed by atoms with Crippen LogP contribution in [0.25, 0.3) is 12.2 Å². The van der Waals surface area contributed by atoms with E-state index in [0.717, 1.165) is 42.3 Å². The number of carbonyl (C=O) groups is 1. The molecule has 0 unspecified atom stereocenters. The van der Waals surface area contributed by atoms with Crippen molar-refractivity contribution in [3.63, 3.8) is 0 Å². The van der Waals surface area contributed by atoms with Crippen LogP contribution in [0.1, 0.15) is 35.3 Å². The fourth-order valence-electron chi connectivity index (χ4n) is 3.43. The first-order valence-electron chi connectivity index (χ1n) is 11.3. The van der Waals surface area contributed by atoms with E-state index in [1.807, 2.05) is 84.9 Å². The Morgan fingerprint density at radius 2 is 1.52 bits per heavy atom. The average molecular weight is 445 g/mol. The Morgan fingerprint density at radius 1 is 0.879 bits per heavy atom. The van der Waals surface area contributed by atoms with Crippen LogP contribution >= 0.6 is 0 Å². The highest BCUT2D eigenvalue weighted by molar-refractivity contribution is 5.97. The highest BCUT2D eigenvalue weighted by Crippen LogP contribution is 2.24. The van der Waals surface area contributed by atoms with Gasteiger partial charge in [-0.3, -0.25) is 4.79 Å². The SMILES string of the molecule is CCN(CC)CCNC(=O)c1ccc(/C=C/c2ccc(Oc3ccccc3)cc2)cc1OC. The lowest BCUT2D eigenvalue weighted by molar-refractivity contribution is 0.0946. The van der Waals surface area contributed by atoms with Gasteiger partial charge in [0.1, 0.15) is 17.2 Å². The third-order valence-corrected chi connectivity index (χ3v) is 5.41. The molecule has 0 aliphatic carbocycles. The molecular weight excluding hydrogens is 412 g/mol. The Morgan fingerprint density at radius 3 is 2.18 bits per heavy atom. The van der Waals surface area contributed by atoms with Gasteiger partial charge in [0.2, 0.25) is 0 Å². The maximum Gasteiger partial charge on any atom is 0.255 e. The van der Waals surface area contributed by atoms with E-state index in [2.05, 4.69) is 24.1 Å². The monoisotopic (exact) mass is 444 g/mol. The van der Waals surface area contributed by atoms with Gasteiger partial charge in [-0.05, 0) is 60.6 Å². The molecule has 0 aromatic heterocycles. The number of nitrogens with zero attached hydrogens (tertiary/aromatic N) is 1. The van der Waals surface area contributed by atoms with Crippen molar-refractivity contribution in [3.8, 4) is 17.2 Å². The van der Waals surface area contributed by atoms with E-state index >= 15 is 0 Å². The molecule has 33 heavy (non-hydrogen) atoms. The number of amides is 1. The second-order valence-corrected chi connectivity index (χ2v) is 7.56. The molecule has 0 heterocycles. The molecule has 0 saturated carbocycles. The third kappa shape index (κ3) is 7.22. The molecule has 0 spiro atoms. The Balaban J connectivity index is 1.61. The number of hydrogen-bond acceptors (Lipinski definition) is 4. The van der Waals surface area contributed by atoms with E-state index in [-0.39, 0.29) is 5.91 Å². The predicted octanol–water partition coefficient (Wildman–Crippen LogP) is 5.73. The Hall–Kier alpha value is -3.57. The van der Waals surface area contributed by atoms with Gasteiger partial charge in [-0.1, -0.05) is 62.4 Å². The number of likely N-dealkylation sites (N-methyl/N-ethyl adjacent to an activating group) is 1. The van der Waals surface area contributed by atoms with Crippen molar-refractivity contribution in [3.05, 3.63) is 89.5 Å². The molecule has 0 fully saturated rings. The van der Waals surface area contributed by atoms with Gasteiger partial charge in [-0.2, -0.15) is 0 Å². The minimum absolute atomic E-state index is 0.122. The molecule has 0 radical (unpaired) electrons. The normalized spacial score (nSPS) is 11.0. The van der Waals surface area contributed by atoms with Crippen molar-refractivity contribution in [2.24, 2.45) is 0 Å². The summed E-state index contributed by atoms with van der Waals surface area (Å²) in [5, 5.41) is 2.98. The van der Waals surface area contributed by atoms with Gasteiger partial charge in [0.25, 0.3) is 5.91 Å². The molecule has 0 aliphatic rings. The van der Waals surface area contributed by atoms with Crippen LogP contribution in [0.2, 0.25) is 0 Å². The number of benzene rings is 3. The van der Waals surface area contributed by atoms with Crippen LogP contribution in [0, 0.1) is 0 Å². The molecule has 0 saturated heterocycles. The van der Waals surface area contributed by atoms with E-state index in [1.54, 1.807) is 7.11 Å².